The molecule has 0 aliphatic heterocycles. The van der Waals surface area contributed by atoms with E-state index in [2.05, 4.69) is 25.5 Å². The molecule has 9 heteroatoms. The first-order valence-corrected chi connectivity index (χ1v) is 9.48. The van der Waals surface area contributed by atoms with E-state index in [1.807, 2.05) is 24.9 Å². The number of hydrogen-bond donors (Lipinski definition) is 2. The fourth-order valence-corrected chi connectivity index (χ4v) is 2.60. The Balaban J connectivity index is 1.48. The molecule has 0 aliphatic carbocycles. The van der Waals surface area contributed by atoms with Gasteiger partial charge in [0.05, 0.1) is 12.8 Å². The molecule has 8 nitrogen and oxygen atoms in total. The van der Waals surface area contributed by atoms with Crippen molar-refractivity contribution in [1.82, 2.24) is 25.4 Å². The number of aromatic amines is 1. The first kappa shape index (κ1) is 20.4. The van der Waals surface area contributed by atoms with Crippen molar-refractivity contribution in [3.63, 3.8) is 0 Å². The minimum atomic E-state index is -0.279. The van der Waals surface area contributed by atoms with E-state index in [0.717, 1.165) is 18.3 Å². The third-order valence-corrected chi connectivity index (χ3v) is 4.09. The predicted molar refractivity (Wildman–Crippen MR) is 108 cm³/mol. The van der Waals surface area contributed by atoms with E-state index in [1.165, 1.54) is 12.1 Å². The van der Waals surface area contributed by atoms with Gasteiger partial charge in [0.1, 0.15) is 24.0 Å². The van der Waals surface area contributed by atoms with Gasteiger partial charge in [0.15, 0.2) is 11.7 Å². The lowest BCUT2D eigenvalue weighted by atomic mass is 10.3. The van der Waals surface area contributed by atoms with Crippen LogP contribution < -0.4 is 10.1 Å². The Morgan fingerprint density at radius 3 is 2.86 bits per heavy atom. The van der Waals surface area contributed by atoms with Crippen molar-refractivity contribution in [3.8, 4) is 17.3 Å². The summed E-state index contributed by atoms with van der Waals surface area (Å²) in [6.45, 7) is 4.42. The van der Waals surface area contributed by atoms with Gasteiger partial charge in [-0.1, -0.05) is 0 Å². The van der Waals surface area contributed by atoms with E-state index in [4.69, 9.17) is 9.15 Å². The van der Waals surface area contributed by atoms with Crippen molar-refractivity contribution in [3.05, 3.63) is 54.3 Å². The van der Waals surface area contributed by atoms with Crippen LogP contribution in [0.4, 0.5) is 4.39 Å². The summed E-state index contributed by atoms with van der Waals surface area (Å²) in [5.41, 5.74) is 0. The lowest BCUT2D eigenvalue weighted by Gasteiger charge is -2.22. The van der Waals surface area contributed by atoms with Gasteiger partial charge in [-0.3, -0.25) is 10.1 Å². The van der Waals surface area contributed by atoms with Crippen molar-refractivity contribution < 1.29 is 13.5 Å². The summed E-state index contributed by atoms with van der Waals surface area (Å²) in [6, 6.07) is 9.61. The number of H-pyrrole nitrogens is 1. The average molecular weight is 400 g/mol. The van der Waals surface area contributed by atoms with E-state index in [0.29, 0.717) is 43.5 Å². The first-order chi connectivity index (χ1) is 14.2. The standard InChI is InChI=1S/C20H25FN6O2/c1-3-22-20(27(2)12-14-28-16-8-6-15(21)7-9-16)23-11-10-18-24-19(26-25-18)17-5-4-13-29-17/h4-9,13H,3,10-12,14H2,1-2H3,(H,22,23)(H,24,25,26). The highest BCUT2D eigenvalue weighted by atomic mass is 19.1. The van der Waals surface area contributed by atoms with E-state index < -0.39 is 0 Å². The molecule has 0 aliphatic rings. The molecule has 0 amide bonds. The third kappa shape index (κ3) is 6.06. The highest BCUT2D eigenvalue weighted by molar-refractivity contribution is 5.79. The summed E-state index contributed by atoms with van der Waals surface area (Å²) in [6.07, 6.45) is 2.22. The maximum atomic E-state index is 12.9. The van der Waals surface area contributed by atoms with Crippen LogP contribution in [0.3, 0.4) is 0 Å². The van der Waals surface area contributed by atoms with Crippen molar-refractivity contribution in [2.24, 2.45) is 4.99 Å². The molecule has 2 N–H and O–H groups in total. The van der Waals surface area contributed by atoms with E-state index >= 15 is 0 Å². The zero-order chi connectivity index (χ0) is 20.5. The van der Waals surface area contributed by atoms with E-state index in [9.17, 15) is 4.39 Å². The molecule has 0 saturated carbocycles. The molecule has 1 aromatic carbocycles. The Labute approximate surface area is 168 Å². The van der Waals surface area contributed by atoms with Crippen LogP contribution in [0.15, 0.2) is 52.1 Å². The maximum absolute atomic E-state index is 12.9. The molecule has 0 saturated heterocycles. The average Bonchev–Trinajstić information content (AvgIpc) is 3.40. The number of nitrogens with zero attached hydrogens (tertiary/aromatic N) is 4. The molecular formula is C20H25FN6O2. The largest absolute Gasteiger partial charge is 0.492 e. The molecule has 2 aromatic heterocycles. The molecule has 3 aromatic rings. The molecule has 0 fully saturated rings. The highest BCUT2D eigenvalue weighted by Gasteiger charge is 2.09. The molecule has 0 bridgehead atoms. The van der Waals surface area contributed by atoms with Crippen LogP contribution in [-0.2, 0) is 6.42 Å². The van der Waals surface area contributed by atoms with Crippen LogP contribution in [0.5, 0.6) is 5.75 Å². The molecule has 0 spiro atoms. The number of ether oxygens (including phenoxy) is 1. The predicted octanol–water partition coefficient (Wildman–Crippen LogP) is 2.72. The molecule has 0 radical (unpaired) electrons. The number of aliphatic imine (C=N–C) groups is 1. The zero-order valence-corrected chi connectivity index (χ0v) is 16.6. The Hall–Kier alpha value is -3.36. The fraction of sp³-hybridized carbons (Fsp3) is 0.350. The van der Waals surface area contributed by atoms with Gasteiger partial charge in [-0.2, -0.15) is 5.10 Å². The van der Waals surface area contributed by atoms with Gasteiger partial charge in [0.25, 0.3) is 0 Å². The Morgan fingerprint density at radius 1 is 1.31 bits per heavy atom. The first-order valence-electron chi connectivity index (χ1n) is 9.48. The molecule has 3 rings (SSSR count). The SMILES string of the molecule is CCNC(=NCCc1nc(-c2ccco2)n[nH]1)N(C)CCOc1ccc(F)cc1. The lowest BCUT2D eigenvalue weighted by Crippen LogP contribution is -2.41. The number of halogens is 1. The number of nitrogens with one attached hydrogen (secondary N) is 2. The van der Waals surface area contributed by atoms with Crippen LogP contribution in [0.1, 0.15) is 12.7 Å². The van der Waals surface area contributed by atoms with E-state index in [-0.39, 0.29) is 5.82 Å². The summed E-state index contributed by atoms with van der Waals surface area (Å²) in [5.74, 6) is 3.05. The maximum Gasteiger partial charge on any atom is 0.216 e. The van der Waals surface area contributed by atoms with Gasteiger partial charge in [0, 0.05) is 26.6 Å². The summed E-state index contributed by atoms with van der Waals surface area (Å²) >= 11 is 0. The summed E-state index contributed by atoms with van der Waals surface area (Å²) in [4.78, 5) is 11.0. The summed E-state index contributed by atoms with van der Waals surface area (Å²) in [5, 5.41) is 10.3. The number of rotatable bonds is 9. The number of benzene rings is 1. The van der Waals surface area contributed by atoms with Gasteiger partial charge < -0.3 is 19.4 Å². The molecule has 0 unspecified atom stereocenters. The molecule has 154 valence electrons. The van der Waals surface area contributed by atoms with Crippen LogP contribution in [-0.4, -0.2) is 59.3 Å². The van der Waals surface area contributed by atoms with Crippen molar-refractivity contribution in [1.29, 1.82) is 0 Å². The molecule has 29 heavy (non-hydrogen) atoms. The normalized spacial score (nSPS) is 11.5. The number of aromatic nitrogens is 3. The van der Waals surface area contributed by atoms with Gasteiger partial charge >= 0.3 is 0 Å². The highest BCUT2D eigenvalue weighted by Crippen LogP contribution is 2.14. The van der Waals surface area contributed by atoms with Crippen LogP contribution in [0.2, 0.25) is 0 Å². The second-order valence-electron chi connectivity index (χ2n) is 6.29. The molecule has 0 atom stereocenters. The second-order valence-corrected chi connectivity index (χ2v) is 6.29. The van der Waals surface area contributed by atoms with Crippen molar-refractivity contribution in [2.75, 3.05) is 33.3 Å². The van der Waals surface area contributed by atoms with E-state index in [1.54, 1.807) is 24.5 Å². The Bertz CT molecular complexity index is 892. The molecule has 2 heterocycles. The summed E-state index contributed by atoms with van der Waals surface area (Å²) in [7, 11) is 1.94. The minimum absolute atomic E-state index is 0.279. The number of guanidine groups is 1. The zero-order valence-electron chi connectivity index (χ0n) is 16.6. The Kier molecular flexibility index (Phi) is 7.21. The van der Waals surface area contributed by atoms with Gasteiger partial charge in [-0.15, -0.1) is 0 Å². The van der Waals surface area contributed by atoms with Crippen molar-refractivity contribution >= 4 is 5.96 Å². The van der Waals surface area contributed by atoms with Gasteiger partial charge in [-0.05, 0) is 43.3 Å². The quantitative estimate of drug-likeness (QED) is 0.424. The van der Waals surface area contributed by atoms with Crippen LogP contribution in [0.25, 0.3) is 11.6 Å². The number of likely N-dealkylation sites (N-methyl/N-ethyl adjacent to an activating group) is 1. The van der Waals surface area contributed by atoms with Crippen LogP contribution in [0, 0.1) is 5.82 Å². The smallest absolute Gasteiger partial charge is 0.216 e. The van der Waals surface area contributed by atoms with Crippen molar-refractivity contribution in [2.45, 2.75) is 13.3 Å². The van der Waals surface area contributed by atoms with Gasteiger partial charge in [0.2, 0.25) is 5.82 Å². The fourth-order valence-electron chi connectivity index (χ4n) is 2.60. The molecular weight excluding hydrogens is 375 g/mol. The minimum Gasteiger partial charge on any atom is -0.492 e. The second kappa shape index (κ2) is 10.3. The topological polar surface area (TPSA) is 91.6 Å². The lowest BCUT2D eigenvalue weighted by molar-refractivity contribution is 0.281. The summed E-state index contributed by atoms with van der Waals surface area (Å²) < 4.78 is 23.9. The number of furan rings is 1. The van der Waals surface area contributed by atoms with Crippen LogP contribution >= 0.6 is 0 Å². The van der Waals surface area contributed by atoms with Gasteiger partial charge in [-0.25, -0.2) is 9.37 Å². The Morgan fingerprint density at radius 2 is 2.14 bits per heavy atom. The number of hydrogen-bond acceptors (Lipinski definition) is 5. The monoisotopic (exact) mass is 400 g/mol. The third-order valence-electron chi connectivity index (χ3n) is 4.09.